The van der Waals surface area contributed by atoms with Gasteiger partial charge in [0.15, 0.2) is 5.84 Å². The molecular formula is C16H16N2O2. The molecule has 0 bridgehead atoms. The molecule has 2 aromatic carbocycles. The van der Waals surface area contributed by atoms with E-state index in [9.17, 15) is 4.79 Å². The predicted octanol–water partition coefficient (Wildman–Crippen LogP) is 2.78. The third-order valence-electron chi connectivity index (χ3n) is 3.04. The van der Waals surface area contributed by atoms with E-state index in [1.54, 1.807) is 24.3 Å². The van der Waals surface area contributed by atoms with Crippen molar-refractivity contribution in [1.29, 1.82) is 0 Å². The zero-order valence-corrected chi connectivity index (χ0v) is 11.5. The maximum atomic E-state index is 11.9. The molecule has 0 aliphatic heterocycles. The van der Waals surface area contributed by atoms with Gasteiger partial charge in [0.25, 0.3) is 0 Å². The normalized spacial score (nSPS) is 11.2. The summed E-state index contributed by atoms with van der Waals surface area (Å²) in [5, 5.41) is 3.67. The molecule has 0 aliphatic rings. The van der Waals surface area contributed by atoms with Gasteiger partial charge in [0, 0.05) is 5.56 Å². The highest BCUT2D eigenvalue weighted by Crippen LogP contribution is 2.11. The number of nitrogens with two attached hydrogens (primary N) is 1. The molecule has 0 amide bonds. The highest BCUT2D eigenvalue weighted by molar-refractivity contribution is 5.98. The van der Waals surface area contributed by atoms with Crippen LogP contribution < -0.4 is 5.73 Å². The minimum atomic E-state index is -0.521. The smallest absolute Gasteiger partial charge is 0.365 e. The molecule has 2 rings (SSSR count). The Morgan fingerprint density at radius 2 is 1.70 bits per heavy atom. The summed E-state index contributed by atoms with van der Waals surface area (Å²) < 4.78 is 0. The number of aryl methyl sites for hydroxylation is 2. The Hall–Kier alpha value is -2.62. The Bertz CT molecular complexity index is 649. The van der Waals surface area contributed by atoms with E-state index in [1.165, 1.54) is 0 Å². The summed E-state index contributed by atoms with van der Waals surface area (Å²) in [5.74, 6) is -0.352. The number of oxime groups is 1. The SMILES string of the molecule is Cc1ccc(C(=O)O/N=C(/N)c2ccccc2)cc1C. The van der Waals surface area contributed by atoms with E-state index in [4.69, 9.17) is 10.6 Å². The Kier molecular flexibility index (Phi) is 4.15. The molecule has 0 unspecified atom stereocenters. The zero-order chi connectivity index (χ0) is 14.5. The van der Waals surface area contributed by atoms with Crippen LogP contribution in [0.25, 0.3) is 0 Å². The lowest BCUT2D eigenvalue weighted by molar-refractivity contribution is 0.0516. The van der Waals surface area contributed by atoms with E-state index in [0.29, 0.717) is 11.1 Å². The van der Waals surface area contributed by atoms with Crippen LogP contribution in [-0.4, -0.2) is 11.8 Å². The number of rotatable bonds is 3. The molecule has 0 saturated carbocycles. The first kappa shape index (κ1) is 13.8. The van der Waals surface area contributed by atoms with Crippen molar-refractivity contribution in [3.8, 4) is 0 Å². The van der Waals surface area contributed by atoms with Gasteiger partial charge >= 0.3 is 5.97 Å². The fraction of sp³-hybridized carbons (Fsp3) is 0.125. The maximum absolute atomic E-state index is 11.9. The van der Waals surface area contributed by atoms with Gasteiger partial charge < -0.3 is 10.6 Å². The predicted molar refractivity (Wildman–Crippen MR) is 78.5 cm³/mol. The van der Waals surface area contributed by atoms with E-state index in [0.717, 1.165) is 11.1 Å². The molecule has 0 radical (unpaired) electrons. The lowest BCUT2D eigenvalue weighted by Crippen LogP contribution is -2.15. The largest absolute Gasteiger partial charge is 0.380 e. The lowest BCUT2D eigenvalue weighted by Gasteiger charge is -2.03. The van der Waals surface area contributed by atoms with Crippen LogP contribution in [0.15, 0.2) is 53.7 Å². The molecular weight excluding hydrogens is 252 g/mol. The standard InChI is InChI=1S/C16H16N2O2/c1-11-8-9-14(10-12(11)2)16(19)20-18-15(17)13-6-4-3-5-7-13/h3-10H,1-2H3,(H2,17,18). The van der Waals surface area contributed by atoms with E-state index in [2.05, 4.69) is 5.16 Å². The molecule has 4 heteroatoms. The topological polar surface area (TPSA) is 64.7 Å². The fourth-order valence-electron chi connectivity index (χ4n) is 1.67. The van der Waals surface area contributed by atoms with Crippen LogP contribution in [-0.2, 0) is 4.84 Å². The third kappa shape index (κ3) is 3.23. The molecule has 102 valence electrons. The van der Waals surface area contributed by atoms with Gasteiger partial charge in [-0.1, -0.05) is 41.6 Å². The quantitative estimate of drug-likeness (QED) is 0.403. The second-order valence-electron chi connectivity index (χ2n) is 4.52. The maximum Gasteiger partial charge on any atom is 0.365 e. The summed E-state index contributed by atoms with van der Waals surface area (Å²) in [6.07, 6.45) is 0. The molecule has 0 fully saturated rings. The number of benzene rings is 2. The third-order valence-corrected chi connectivity index (χ3v) is 3.04. The van der Waals surface area contributed by atoms with Crippen molar-refractivity contribution in [2.45, 2.75) is 13.8 Å². The summed E-state index contributed by atoms with van der Waals surface area (Å²) >= 11 is 0. The van der Waals surface area contributed by atoms with Gasteiger partial charge in [-0.3, -0.25) is 0 Å². The number of carbonyl (C=O) groups is 1. The van der Waals surface area contributed by atoms with Crippen molar-refractivity contribution >= 4 is 11.8 Å². The van der Waals surface area contributed by atoms with E-state index < -0.39 is 5.97 Å². The minimum Gasteiger partial charge on any atom is -0.380 e. The fourth-order valence-corrected chi connectivity index (χ4v) is 1.67. The van der Waals surface area contributed by atoms with Crippen LogP contribution in [0.1, 0.15) is 27.0 Å². The highest BCUT2D eigenvalue weighted by atomic mass is 16.7. The molecule has 2 aromatic rings. The average molecular weight is 268 g/mol. The van der Waals surface area contributed by atoms with Crippen molar-refractivity contribution in [3.05, 3.63) is 70.8 Å². The van der Waals surface area contributed by atoms with Crippen LogP contribution in [0, 0.1) is 13.8 Å². The molecule has 0 heterocycles. The summed E-state index contributed by atoms with van der Waals surface area (Å²) in [5.41, 5.74) is 9.06. The minimum absolute atomic E-state index is 0.169. The Morgan fingerprint density at radius 3 is 2.35 bits per heavy atom. The van der Waals surface area contributed by atoms with E-state index in [-0.39, 0.29) is 5.84 Å². The van der Waals surface area contributed by atoms with Crippen LogP contribution in [0.3, 0.4) is 0 Å². The molecule has 0 aromatic heterocycles. The first-order valence-corrected chi connectivity index (χ1v) is 6.25. The number of nitrogens with zero attached hydrogens (tertiary/aromatic N) is 1. The molecule has 0 spiro atoms. The highest BCUT2D eigenvalue weighted by Gasteiger charge is 2.09. The van der Waals surface area contributed by atoms with E-state index in [1.807, 2.05) is 38.1 Å². The van der Waals surface area contributed by atoms with Crippen LogP contribution in [0.2, 0.25) is 0 Å². The molecule has 0 atom stereocenters. The average Bonchev–Trinajstić information content (AvgIpc) is 2.48. The van der Waals surface area contributed by atoms with E-state index >= 15 is 0 Å². The van der Waals surface area contributed by atoms with Crippen molar-refractivity contribution in [3.63, 3.8) is 0 Å². The second kappa shape index (κ2) is 6.02. The second-order valence-corrected chi connectivity index (χ2v) is 4.52. The van der Waals surface area contributed by atoms with Gasteiger partial charge in [0.1, 0.15) is 0 Å². The Labute approximate surface area is 117 Å². The summed E-state index contributed by atoms with van der Waals surface area (Å²) in [7, 11) is 0. The summed E-state index contributed by atoms with van der Waals surface area (Å²) in [6, 6.07) is 14.5. The van der Waals surface area contributed by atoms with Gasteiger partial charge in [0.05, 0.1) is 5.56 Å². The van der Waals surface area contributed by atoms with Gasteiger partial charge in [-0.05, 0) is 37.1 Å². The molecule has 0 aliphatic carbocycles. The molecule has 0 saturated heterocycles. The van der Waals surface area contributed by atoms with Gasteiger partial charge in [-0.25, -0.2) is 4.79 Å². The molecule has 20 heavy (non-hydrogen) atoms. The first-order chi connectivity index (χ1) is 9.58. The lowest BCUT2D eigenvalue weighted by atomic mass is 10.1. The van der Waals surface area contributed by atoms with Gasteiger partial charge in [-0.15, -0.1) is 0 Å². The van der Waals surface area contributed by atoms with Crippen molar-refractivity contribution < 1.29 is 9.63 Å². The van der Waals surface area contributed by atoms with Gasteiger partial charge in [-0.2, -0.15) is 0 Å². The van der Waals surface area contributed by atoms with Crippen LogP contribution in [0.4, 0.5) is 0 Å². The van der Waals surface area contributed by atoms with Crippen molar-refractivity contribution in [2.24, 2.45) is 10.9 Å². The molecule has 2 N–H and O–H groups in total. The van der Waals surface area contributed by atoms with Crippen LogP contribution in [0.5, 0.6) is 0 Å². The van der Waals surface area contributed by atoms with Gasteiger partial charge in [0.2, 0.25) is 0 Å². The number of hydrogen-bond acceptors (Lipinski definition) is 3. The number of hydrogen-bond donors (Lipinski definition) is 1. The monoisotopic (exact) mass is 268 g/mol. The zero-order valence-electron chi connectivity index (χ0n) is 11.5. The summed E-state index contributed by atoms with van der Waals surface area (Å²) in [6.45, 7) is 3.92. The van der Waals surface area contributed by atoms with Crippen molar-refractivity contribution in [2.75, 3.05) is 0 Å². The number of carbonyl (C=O) groups excluding carboxylic acids is 1. The Morgan fingerprint density at radius 1 is 1.00 bits per heavy atom. The first-order valence-electron chi connectivity index (χ1n) is 6.25. The van der Waals surface area contributed by atoms with Crippen LogP contribution >= 0.6 is 0 Å². The summed E-state index contributed by atoms with van der Waals surface area (Å²) in [4.78, 5) is 16.7. The Balaban J connectivity index is 2.10. The van der Waals surface area contributed by atoms with Crippen molar-refractivity contribution in [1.82, 2.24) is 0 Å². The molecule has 4 nitrogen and oxygen atoms in total. The number of amidine groups is 1.